The van der Waals surface area contributed by atoms with Gasteiger partial charge in [-0.15, -0.1) is 0 Å². The fourth-order valence-electron chi connectivity index (χ4n) is 4.62. The summed E-state index contributed by atoms with van der Waals surface area (Å²) in [5.41, 5.74) is 0. The number of carbonyl (C=O) groups excluding carboxylic acids is 3. The molecule has 0 radical (unpaired) electrons. The maximum Gasteiger partial charge on any atom is 0.137 e. The molecule has 0 saturated carbocycles. The number of hydrogen-bond acceptors (Lipinski definition) is 6. The number of Topliss-reactive ketones (excluding diaryl/α,β-unsaturated/α-hetero) is 3. The topological polar surface area (TPSA) is 66.9 Å². The van der Waals surface area contributed by atoms with E-state index in [9.17, 15) is 14.4 Å². The van der Waals surface area contributed by atoms with E-state index in [0.717, 1.165) is 90.3 Å². The normalized spacial score (nSPS) is 15.2. The third kappa shape index (κ3) is 18.2. The molecule has 0 amide bonds. The van der Waals surface area contributed by atoms with Crippen molar-refractivity contribution in [1.82, 2.24) is 9.80 Å². The Hall–Kier alpha value is -1.11. The first-order valence-corrected chi connectivity index (χ1v) is 14.9. The minimum absolute atomic E-state index is 0.105. The lowest BCUT2D eigenvalue weighted by Crippen LogP contribution is -2.46. The predicted molar refractivity (Wildman–Crippen MR) is 148 cm³/mol. The molecule has 6 heteroatoms. The van der Waals surface area contributed by atoms with Crippen molar-refractivity contribution in [2.45, 2.75) is 111 Å². The van der Waals surface area contributed by atoms with Crippen molar-refractivity contribution in [3.8, 4) is 0 Å². The van der Waals surface area contributed by atoms with Crippen molar-refractivity contribution in [3.63, 3.8) is 0 Å². The van der Waals surface area contributed by atoms with Gasteiger partial charge in [0.25, 0.3) is 0 Å². The van der Waals surface area contributed by atoms with E-state index < -0.39 is 0 Å². The molecule has 0 aliphatic carbocycles. The SMILES string of the molecule is CC(C)CCCCCC(=O)CCCC(=O)CCCN1CCN(CCCCOCCC(=O)C(C)C)CC1. The van der Waals surface area contributed by atoms with Gasteiger partial charge in [0.15, 0.2) is 0 Å². The minimum Gasteiger partial charge on any atom is -0.381 e. The first kappa shape index (κ1) is 32.9. The number of nitrogens with zero attached hydrogens (tertiary/aromatic N) is 2. The van der Waals surface area contributed by atoms with Crippen LogP contribution in [0.3, 0.4) is 0 Å². The number of ether oxygens (including phenoxy) is 1. The van der Waals surface area contributed by atoms with Crippen LogP contribution in [-0.2, 0) is 19.1 Å². The number of ketones is 3. The van der Waals surface area contributed by atoms with E-state index in [1.54, 1.807) is 0 Å². The highest BCUT2D eigenvalue weighted by Gasteiger charge is 2.16. The Labute approximate surface area is 221 Å². The zero-order chi connectivity index (χ0) is 26.6. The molecular weight excluding hydrogens is 452 g/mol. The third-order valence-corrected chi connectivity index (χ3v) is 7.19. The average molecular weight is 509 g/mol. The lowest BCUT2D eigenvalue weighted by atomic mass is 10.0. The van der Waals surface area contributed by atoms with Crippen LogP contribution in [0.4, 0.5) is 0 Å². The summed E-state index contributed by atoms with van der Waals surface area (Å²) in [7, 11) is 0. The molecule has 0 aromatic heterocycles. The van der Waals surface area contributed by atoms with Crippen LogP contribution in [0.5, 0.6) is 0 Å². The van der Waals surface area contributed by atoms with Gasteiger partial charge < -0.3 is 14.5 Å². The van der Waals surface area contributed by atoms with Crippen LogP contribution in [0.1, 0.15) is 111 Å². The summed E-state index contributed by atoms with van der Waals surface area (Å²) in [4.78, 5) is 40.7. The first-order valence-electron chi connectivity index (χ1n) is 14.9. The zero-order valence-corrected chi connectivity index (χ0v) is 24.0. The second kappa shape index (κ2) is 20.9. The van der Waals surface area contributed by atoms with Crippen molar-refractivity contribution in [1.29, 1.82) is 0 Å². The van der Waals surface area contributed by atoms with Gasteiger partial charge >= 0.3 is 0 Å². The Kier molecular flexibility index (Phi) is 19.1. The largest absolute Gasteiger partial charge is 0.381 e. The Morgan fingerprint density at radius 3 is 1.75 bits per heavy atom. The molecule has 0 N–H and O–H groups in total. The second-order valence-electron chi connectivity index (χ2n) is 11.4. The smallest absolute Gasteiger partial charge is 0.137 e. The van der Waals surface area contributed by atoms with Crippen LogP contribution in [0.2, 0.25) is 0 Å². The quantitative estimate of drug-likeness (QED) is 0.165. The molecule has 1 saturated heterocycles. The van der Waals surface area contributed by atoms with Crippen LogP contribution >= 0.6 is 0 Å². The molecule has 0 spiro atoms. The lowest BCUT2D eigenvalue weighted by molar-refractivity contribution is -0.123. The summed E-state index contributed by atoms with van der Waals surface area (Å²) >= 11 is 0. The van der Waals surface area contributed by atoms with E-state index in [4.69, 9.17) is 4.74 Å². The maximum absolute atomic E-state index is 12.2. The van der Waals surface area contributed by atoms with Crippen LogP contribution in [0.25, 0.3) is 0 Å². The minimum atomic E-state index is 0.105. The molecule has 1 aliphatic rings. The van der Waals surface area contributed by atoms with E-state index >= 15 is 0 Å². The standard InChI is InChI=1S/C30H56N2O4/c1-26(2)12-6-5-7-13-28(33)14-10-15-29(34)16-11-19-32-22-20-31(21-23-32)18-8-9-24-36-25-17-30(35)27(3)4/h26-27H,5-25H2,1-4H3. The lowest BCUT2D eigenvalue weighted by Gasteiger charge is -2.34. The highest BCUT2D eigenvalue weighted by atomic mass is 16.5. The van der Waals surface area contributed by atoms with E-state index in [-0.39, 0.29) is 11.7 Å². The van der Waals surface area contributed by atoms with Gasteiger partial charge in [0, 0.05) is 70.8 Å². The molecule has 0 bridgehead atoms. The van der Waals surface area contributed by atoms with E-state index in [1.807, 2.05) is 13.8 Å². The Bertz CT molecular complexity index is 598. The molecular formula is C30H56N2O4. The van der Waals surface area contributed by atoms with E-state index in [1.165, 1.54) is 12.8 Å². The third-order valence-electron chi connectivity index (χ3n) is 7.19. The van der Waals surface area contributed by atoms with Gasteiger partial charge in [-0.05, 0) is 51.1 Å². The summed E-state index contributed by atoms with van der Waals surface area (Å²) in [5.74, 6) is 1.78. The van der Waals surface area contributed by atoms with Gasteiger partial charge in [0.2, 0.25) is 0 Å². The van der Waals surface area contributed by atoms with Crippen molar-refractivity contribution in [2.75, 3.05) is 52.5 Å². The van der Waals surface area contributed by atoms with Crippen molar-refractivity contribution in [2.24, 2.45) is 11.8 Å². The first-order chi connectivity index (χ1) is 17.3. The van der Waals surface area contributed by atoms with E-state index in [2.05, 4.69) is 23.6 Å². The van der Waals surface area contributed by atoms with Gasteiger partial charge in [-0.25, -0.2) is 0 Å². The van der Waals surface area contributed by atoms with Crippen LogP contribution in [-0.4, -0.2) is 79.6 Å². The molecule has 1 heterocycles. The number of hydrogen-bond donors (Lipinski definition) is 0. The molecule has 210 valence electrons. The average Bonchev–Trinajstić information content (AvgIpc) is 2.83. The van der Waals surface area contributed by atoms with Gasteiger partial charge in [0.05, 0.1) is 6.61 Å². The Morgan fingerprint density at radius 2 is 1.17 bits per heavy atom. The van der Waals surface area contributed by atoms with Crippen molar-refractivity contribution in [3.05, 3.63) is 0 Å². The van der Waals surface area contributed by atoms with Gasteiger partial charge in [-0.3, -0.25) is 14.4 Å². The summed E-state index contributed by atoms with van der Waals surface area (Å²) < 4.78 is 5.60. The van der Waals surface area contributed by atoms with Gasteiger partial charge in [0.1, 0.15) is 17.3 Å². The summed E-state index contributed by atoms with van der Waals surface area (Å²) in [6.45, 7) is 16.1. The van der Waals surface area contributed by atoms with Crippen molar-refractivity contribution >= 4 is 17.3 Å². The molecule has 1 fully saturated rings. The summed E-state index contributed by atoms with van der Waals surface area (Å²) in [5, 5.41) is 0. The monoisotopic (exact) mass is 508 g/mol. The molecule has 1 rings (SSSR count). The highest BCUT2D eigenvalue weighted by molar-refractivity contribution is 5.81. The second-order valence-corrected chi connectivity index (χ2v) is 11.4. The summed E-state index contributed by atoms with van der Waals surface area (Å²) in [6, 6.07) is 0. The zero-order valence-electron chi connectivity index (χ0n) is 24.0. The van der Waals surface area contributed by atoms with Gasteiger partial charge in [-0.2, -0.15) is 0 Å². The molecule has 36 heavy (non-hydrogen) atoms. The number of piperazine rings is 1. The molecule has 0 unspecified atom stereocenters. The predicted octanol–water partition coefficient (Wildman–Crippen LogP) is 5.71. The number of carbonyl (C=O) groups is 3. The fraction of sp³-hybridized carbons (Fsp3) is 0.900. The number of unbranched alkanes of at least 4 members (excludes halogenated alkanes) is 3. The molecule has 0 aromatic carbocycles. The Morgan fingerprint density at radius 1 is 0.611 bits per heavy atom. The van der Waals surface area contributed by atoms with Crippen LogP contribution in [0, 0.1) is 11.8 Å². The number of rotatable bonds is 23. The molecule has 0 aromatic rings. The maximum atomic E-state index is 12.2. The van der Waals surface area contributed by atoms with Crippen LogP contribution in [0.15, 0.2) is 0 Å². The molecule has 6 nitrogen and oxygen atoms in total. The van der Waals surface area contributed by atoms with E-state index in [0.29, 0.717) is 50.3 Å². The Balaban J connectivity index is 1.93. The van der Waals surface area contributed by atoms with Crippen LogP contribution < -0.4 is 0 Å². The molecule has 0 atom stereocenters. The summed E-state index contributed by atoms with van der Waals surface area (Å²) in [6.07, 6.45) is 11.4. The van der Waals surface area contributed by atoms with Gasteiger partial charge in [-0.1, -0.05) is 47.0 Å². The molecule has 1 aliphatic heterocycles. The van der Waals surface area contributed by atoms with Crippen molar-refractivity contribution < 1.29 is 19.1 Å². The highest BCUT2D eigenvalue weighted by Crippen LogP contribution is 2.12. The fourth-order valence-corrected chi connectivity index (χ4v) is 4.62.